The molecule has 0 saturated heterocycles. The second-order valence-electron chi connectivity index (χ2n) is 5.95. The van der Waals surface area contributed by atoms with E-state index in [0.717, 1.165) is 29.6 Å². The average molecular weight is 195 g/mol. The van der Waals surface area contributed by atoms with E-state index in [0.29, 0.717) is 6.04 Å². The van der Waals surface area contributed by atoms with Gasteiger partial charge in [0.05, 0.1) is 0 Å². The zero-order valence-corrected chi connectivity index (χ0v) is 9.87. The van der Waals surface area contributed by atoms with Gasteiger partial charge in [0, 0.05) is 6.04 Å². The molecule has 2 rings (SSSR count). The van der Waals surface area contributed by atoms with Gasteiger partial charge in [0.25, 0.3) is 0 Å². The Morgan fingerprint density at radius 2 is 1.57 bits per heavy atom. The van der Waals surface area contributed by atoms with E-state index in [9.17, 15) is 0 Å². The van der Waals surface area contributed by atoms with Crippen molar-refractivity contribution in [1.82, 2.24) is 0 Å². The molecule has 2 aliphatic rings. The molecule has 0 bridgehead atoms. The largest absolute Gasteiger partial charge is 0.328 e. The van der Waals surface area contributed by atoms with E-state index in [-0.39, 0.29) is 0 Å². The molecule has 14 heavy (non-hydrogen) atoms. The van der Waals surface area contributed by atoms with Crippen molar-refractivity contribution in [3.8, 4) is 0 Å². The summed E-state index contributed by atoms with van der Waals surface area (Å²) in [6.45, 7) is 7.34. The highest BCUT2D eigenvalue weighted by Gasteiger charge is 2.41. The highest BCUT2D eigenvalue weighted by Crippen LogP contribution is 2.48. The van der Waals surface area contributed by atoms with E-state index in [1.807, 2.05) is 0 Å². The van der Waals surface area contributed by atoms with Crippen LogP contribution >= 0.6 is 0 Å². The van der Waals surface area contributed by atoms with Crippen LogP contribution in [0.2, 0.25) is 0 Å². The van der Waals surface area contributed by atoms with Crippen LogP contribution in [0.4, 0.5) is 0 Å². The fourth-order valence-electron chi connectivity index (χ4n) is 3.97. The van der Waals surface area contributed by atoms with Gasteiger partial charge in [-0.3, -0.25) is 0 Å². The van der Waals surface area contributed by atoms with Crippen molar-refractivity contribution < 1.29 is 0 Å². The van der Waals surface area contributed by atoms with Gasteiger partial charge in [-0.1, -0.05) is 20.8 Å². The third-order valence-corrected chi connectivity index (χ3v) is 5.04. The van der Waals surface area contributed by atoms with Gasteiger partial charge in [-0.15, -0.1) is 0 Å². The molecule has 6 unspecified atom stereocenters. The molecule has 2 N–H and O–H groups in total. The minimum Gasteiger partial charge on any atom is -0.328 e. The van der Waals surface area contributed by atoms with Crippen molar-refractivity contribution in [2.45, 2.75) is 52.5 Å². The standard InChI is InChI=1S/C13H25N/c1-8-6-9(2)13-7-11(14)4-5-12(13)10(8)3/h8-13H,4-7,14H2,1-3H3. The van der Waals surface area contributed by atoms with E-state index < -0.39 is 0 Å². The van der Waals surface area contributed by atoms with Crippen LogP contribution in [-0.2, 0) is 0 Å². The Balaban J connectivity index is 2.10. The lowest BCUT2D eigenvalue weighted by atomic mass is 9.58. The van der Waals surface area contributed by atoms with Crippen LogP contribution in [0.5, 0.6) is 0 Å². The Morgan fingerprint density at radius 3 is 2.29 bits per heavy atom. The Labute approximate surface area is 88.4 Å². The summed E-state index contributed by atoms with van der Waals surface area (Å²) in [5.74, 6) is 4.69. The quantitative estimate of drug-likeness (QED) is 0.631. The monoisotopic (exact) mass is 195 g/mol. The van der Waals surface area contributed by atoms with Gasteiger partial charge in [-0.2, -0.15) is 0 Å². The van der Waals surface area contributed by atoms with Gasteiger partial charge >= 0.3 is 0 Å². The molecular weight excluding hydrogens is 170 g/mol. The maximum absolute atomic E-state index is 6.08. The van der Waals surface area contributed by atoms with Crippen molar-refractivity contribution in [3.63, 3.8) is 0 Å². The van der Waals surface area contributed by atoms with E-state index in [1.54, 1.807) is 0 Å². The molecule has 0 aromatic carbocycles. The summed E-state index contributed by atoms with van der Waals surface area (Å²) in [5, 5.41) is 0. The molecule has 0 heterocycles. The predicted molar refractivity (Wildman–Crippen MR) is 60.9 cm³/mol. The molecule has 0 aromatic rings. The smallest absolute Gasteiger partial charge is 0.00417 e. The minimum absolute atomic E-state index is 0.499. The molecule has 0 aliphatic heterocycles. The summed E-state index contributed by atoms with van der Waals surface area (Å²) in [5.41, 5.74) is 6.08. The molecule has 0 aromatic heterocycles. The SMILES string of the molecule is CC1CC(C)C2CC(N)CCC2C1C. The van der Waals surface area contributed by atoms with Crippen molar-refractivity contribution in [2.24, 2.45) is 35.3 Å². The second-order valence-corrected chi connectivity index (χ2v) is 5.95. The average Bonchev–Trinajstić information content (AvgIpc) is 2.14. The lowest BCUT2D eigenvalue weighted by Crippen LogP contribution is -2.44. The third kappa shape index (κ3) is 1.71. The molecule has 0 radical (unpaired) electrons. The van der Waals surface area contributed by atoms with Crippen molar-refractivity contribution in [3.05, 3.63) is 0 Å². The number of rotatable bonds is 0. The zero-order valence-electron chi connectivity index (χ0n) is 9.87. The van der Waals surface area contributed by atoms with Gasteiger partial charge in [0.1, 0.15) is 0 Å². The van der Waals surface area contributed by atoms with Crippen LogP contribution in [0.3, 0.4) is 0 Å². The highest BCUT2D eigenvalue weighted by molar-refractivity contribution is 4.92. The summed E-state index contributed by atoms with van der Waals surface area (Å²) < 4.78 is 0. The van der Waals surface area contributed by atoms with E-state index in [2.05, 4.69) is 20.8 Å². The topological polar surface area (TPSA) is 26.0 Å². The van der Waals surface area contributed by atoms with Crippen LogP contribution in [0.15, 0.2) is 0 Å². The zero-order chi connectivity index (χ0) is 10.3. The Morgan fingerprint density at radius 1 is 0.857 bits per heavy atom. The van der Waals surface area contributed by atoms with Crippen LogP contribution in [-0.4, -0.2) is 6.04 Å². The van der Waals surface area contributed by atoms with Gasteiger partial charge < -0.3 is 5.73 Å². The molecule has 6 atom stereocenters. The fraction of sp³-hybridized carbons (Fsp3) is 1.00. The molecule has 2 fully saturated rings. The highest BCUT2D eigenvalue weighted by atomic mass is 14.7. The van der Waals surface area contributed by atoms with Crippen molar-refractivity contribution in [1.29, 1.82) is 0 Å². The maximum Gasteiger partial charge on any atom is 0.00417 e. The van der Waals surface area contributed by atoms with E-state index >= 15 is 0 Å². The summed E-state index contributed by atoms with van der Waals surface area (Å²) >= 11 is 0. The van der Waals surface area contributed by atoms with Crippen LogP contribution < -0.4 is 5.73 Å². The first kappa shape index (κ1) is 10.5. The molecule has 1 heteroatoms. The van der Waals surface area contributed by atoms with Gasteiger partial charge in [0.15, 0.2) is 0 Å². The van der Waals surface area contributed by atoms with E-state index in [1.165, 1.54) is 25.7 Å². The number of hydrogen-bond donors (Lipinski definition) is 1. The van der Waals surface area contributed by atoms with Crippen LogP contribution in [0.25, 0.3) is 0 Å². The molecule has 82 valence electrons. The van der Waals surface area contributed by atoms with Crippen LogP contribution in [0.1, 0.15) is 46.5 Å². The lowest BCUT2D eigenvalue weighted by molar-refractivity contribution is 0.0233. The van der Waals surface area contributed by atoms with Gasteiger partial charge in [-0.25, -0.2) is 0 Å². The molecule has 2 saturated carbocycles. The maximum atomic E-state index is 6.08. The normalized spacial score (nSPS) is 54.0. The fourth-order valence-corrected chi connectivity index (χ4v) is 3.97. The number of fused-ring (bicyclic) bond motifs is 1. The third-order valence-electron chi connectivity index (χ3n) is 5.04. The van der Waals surface area contributed by atoms with Gasteiger partial charge in [0.2, 0.25) is 0 Å². The first-order chi connectivity index (χ1) is 6.59. The van der Waals surface area contributed by atoms with Crippen LogP contribution in [0, 0.1) is 29.6 Å². The molecule has 1 nitrogen and oxygen atoms in total. The molecule has 2 aliphatic carbocycles. The Hall–Kier alpha value is -0.0400. The van der Waals surface area contributed by atoms with Crippen molar-refractivity contribution >= 4 is 0 Å². The number of nitrogens with two attached hydrogens (primary N) is 1. The second kappa shape index (κ2) is 3.84. The van der Waals surface area contributed by atoms with Crippen molar-refractivity contribution in [2.75, 3.05) is 0 Å². The predicted octanol–water partition coefficient (Wildman–Crippen LogP) is 3.04. The summed E-state index contributed by atoms with van der Waals surface area (Å²) in [4.78, 5) is 0. The summed E-state index contributed by atoms with van der Waals surface area (Å²) in [6.07, 6.45) is 5.38. The first-order valence-electron chi connectivity index (χ1n) is 6.35. The molecular formula is C13H25N. The first-order valence-corrected chi connectivity index (χ1v) is 6.35. The van der Waals surface area contributed by atoms with E-state index in [4.69, 9.17) is 5.73 Å². The lowest BCUT2D eigenvalue weighted by Gasteiger charge is -2.48. The van der Waals surface area contributed by atoms with Gasteiger partial charge in [-0.05, 0) is 55.3 Å². The minimum atomic E-state index is 0.499. The molecule has 0 spiro atoms. The summed E-state index contributed by atoms with van der Waals surface area (Å²) in [7, 11) is 0. The number of hydrogen-bond acceptors (Lipinski definition) is 1. The molecule has 0 amide bonds. The Kier molecular flexibility index (Phi) is 2.88. The summed E-state index contributed by atoms with van der Waals surface area (Å²) in [6, 6.07) is 0.499. The Bertz CT molecular complexity index is 201.